The maximum Gasteiger partial charge on any atom is 0.191 e. The van der Waals surface area contributed by atoms with Gasteiger partial charge in [-0.05, 0) is 23.8 Å². The fraction of sp³-hybridized carbons (Fsp3) is 0.111. The minimum Gasteiger partial charge on any atom is -0.322 e. The number of rotatable bonds is 4. The molecule has 0 bridgehead atoms. The van der Waals surface area contributed by atoms with Crippen LogP contribution in [0.15, 0.2) is 55.0 Å². The maximum atomic E-state index is 4.66. The second kappa shape index (κ2) is 6.22. The summed E-state index contributed by atoms with van der Waals surface area (Å²) in [6.07, 6.45) is 5.34. The molecule has 9 heteroatoms. The molecule has 0 spiro atoms. The monoisotopic (exact) mass is 359 g/mol. The van der Waals surface area contributed by atoms with Crippen LogP contribution in [0.25, 0.3) is 10.9 Å². The van der Waals surface area contributed by atoms with Crippen LogP contribution in [0.1, 0.15) is 5.56 Å². The summed E-state index contributed by atoms with van der Waals surface area (Å²) in [5, 5.41) is 10.5. The Hall–Kier alpha value is -3.72. The van der Waals surface area contributed by atoms with Crippen molar-refractivity contribution in [2.75, 3.05) is 15.8 Å². The Morgan fingerprint density at radius 3 is 2.96 bits per heavy atom. The third-order valence-electron chi connectivity index (χ3n) is 4.30. The molecule has 9 nitrogen and oxygen atoms in total. The van der Waals surface area contributed by atoms with Gasteiger partial charge in [-0.2, -0.15) is 5.10 Å². The highest BCUT2D eigenvalue weighted by Gasteiger charge is 2.22. The van der Waals surface area contributed by atoms with Gasteiger partial charge in [-0.25, -0.2) is 9.97 Å². The van der Waals surface area contributed by atoms with E-state index in [4.69, 9.17) is 0 Å². The Labute approximate surface area is 155 Å². The quantitative estimate of drug-likeness (QED) is 0.511. The Kier molecular flexibility index (Phi) is 3.58. The second-order valence-electron chi connectivity index (χ2n) is 6.28. The fourth-order valence-electron chi connectivity index (χ4n) is 3.02. The number of nitrogens with zero attached hydrogens (tertiary/aromatic N) is 6. The van der Waals surface area contributed by atoms with E-state index >= 15 is 0 Å². The Morgan fingerprint density at radius 2 is 2.07 bits per heavy atom. The molecule has 0 unspecified atom stereocenters. The van der Waals surface area contributed by atoms with E-state index in [9.17, 15) is 0 Å². The van der Waals surface area contributed by atoms with Gasteiger partial charge in [0.05, 0.1) is 18.3 Å². The van der Waals surface area contributed by atoms with E-state index in [-0.39, 0.29) is 0 Å². The minimum absolute atomic E-state index is 0.630. The van der Waals surface area contributed by atoms with Gasteiger partial charge in [0, 0.05) is 30.9 Å². The molecule has 4 aromatic rings. The number of fused-ring (bicyclic) bond motifs is 2. The number of hydrogen-bond donors (Lipinski definition) is 3. The molecule has 0 aliphatic carbocycles. The molecule has 0 radical (unpaired) electrons. The van der Waals surface area contributed by atoms with Crippen LogP contribution < -0.4 is 21.3 Å². The number of anilines is 4. The first kappa shape index (κ1) is 15.5. The van der Waals surface area contributed by atoms with Gasteiger partial charge < -0.3 is 5.32 Å². The average Bonchev–Trinajstić information content (AvgIpc) is 3.28. The van der Waals surface area contributed by atoms with Crippen molar-refractivity contribution in [1.29, 1.82) is 0 Å². The summed E-state index contributed by atoms with van der Waals surface area (Å²) >= 11 is 0. The number of hydrazine groups is 2. The third-order valence-corrected chi connectivity index (χ3v) is 4.30. The molecule has 1 aliphatic rings. The largest absolute Gasteiger partial charge is 0.322 e. The van der Waals surface area contributed by atoms with Crippen molar-refractivity contribution in [2.45, 2.75) is 6.54 Å². The number of pyridine rings is 1. The van der Waals surface area contributed by atoms with Gasteiger partial charge in [0.15, 0.2) is 23.3 Å². The van der Waals surface area contributed by atoms with Gasteiger partial charge in [-0.15, -0.1) is 5.53 Å². The summed E-state index contributed by atoms with van der Waals surface area (Å²) in [5.41, 5.74) is 8.28. The summed E-state index contributed by atoms with van der Waals surface area (Å²) < 4.78 is 1.73. The molecule has 134 valence electrons. The van der Waals surface area contributed by atoms with Crippen molar-refractivity contribution in [3.05, 3.63) is 60.6 Å². The van der Waals surface area contributed by atoms with E-state index in [1.807, 2.05) is 36.5 Å². The van der Waals surface area contributed by atoms with Gasteiger partial charge in [0.25, 0.3) is 0 Å². The van der Waals surface area contributed by atoms with Crippen molar-refractivity contribution in [2.24, 2.45) is 7.05 Å². The highest BCUT2D eigenvalue weighted by molar-refractivity contribution is 5.79. The van der Waals surface area contributed by atoms with Gasteiger partial charge in [0.2, 0.25) is 0 Å². The van der Waals surface area contributed by atoms with E-state index in [0.717, 1.165) is 28.1 Å². The molecule has 1 aromatic carbocycles. The number of hydrogen-bond acceptors (Lipinski definition) is 8. The van der Waals surface area contributed by atoms with Crippen LogP contribution in [-0.4, -0.2) is 24.7 Å². The molecular formula is C18H17N9. The lowest BCUT2D eigenvalue weighted by Gasteiger charge is -2.17. The molecule has 3 N–H and O–H groups in total. The van der Waals surface area contributed by atoms with Crippen molar-refractivity contribution in [1.82, 2.24) is 30.3 Å². The van der Waals surface area contributed by atoms with Gasteiger partial charge in [0.1, 0.15) is 0 Å². The van der Waals surface area contributed by atoms with Gasteiger partial charge >= 0.3 is 0 Å². The lowest BCUT2D eigenvalue weighted by molar-refractivity contribution is 0.717. The molecule has 0 saturated heterocycles. The highest BCUT2D eigenvalue weighted by atomic mass is 15.7. The number of aryl methyl sites for hydroxylation is 1. The van der Waals surface area contributed by atoms with Crippen molar-refractivity contribution in [3.8, 4) is 0 Å². The second-order valence-corrected chi connectivity index (χ2v) is 6.28. The average molecular weight is 359 g/mol. The predicted octanol–water partition coefficient (Wildman–Crippen LogP) is 2.35. The van der Waals surface area contributed by atoms with E-state index < -0.39 is 0 Å². The lowest BCUT2D eigenvalue weighted by atomic mass is 10.1. The zero-order valence-corrected chi connectivity index (χ0v) is 14.6. The molecule has 4 heterocycles. The van der Waals surface area contributed by atoms with E-state index in [2.05, 4.69) is 54.5 Å². The van der Waals surface area contributed by atoms with E-state index in [1.54, 1.807) is 17.1 Å². The van der Waals surface area contributed by atoms with Crippen LogP contribution in [0.3, 0.4) is 0 Å². The summed E-state index contributed by atoms with van der Waals surface area (Å²) in [4.78, 5) is 13.4. The highest BCUT2D eigenvalue weighted by Crippen LogP contribution is 2.28. The normalized spacial score (nSPS) is 12.9. The molecule has 5 rings (SSSR count). The third kappa shape index (κ3) is 3.00. The lowest BCUT2D eigenvalue weighted by Crippen LogP contribution is -2.35. The Balaban J connectivity index is 1.40. The molecule has 27 heavy (non-hydrogen) atoms. The Bertz CT molecular complexity index is 1120. The number of nitrogens with one attached hydrogen (secondary N) is 3. The number of aromatic nitrogens is 5. The van der Waals surface area contributed by atoms with Crippen molar-refractivity contribution >= 4 is 34.2 Å². The van der Waals surface area contributed by atoms with Crippen LogP contribution in [0.2, 0.25) is 0 Å². The molecule has 1 aliphatic heterocycles. The smallest absolute Gasteiger partial charge is 0.191 e. The summed E-state index contributed by atoms with van der Waals surface area (Å²) in [5.74, 6) is 2.76. The van der Waals surface area contributed by atoms with Crippen LogP contribution >= 0.6 is 0 Å². The number of benzene rings is 1. The summed E-state index contributed by atoms with van der Waals surface area (Å²) in [6.45, 7) is 0.632. The minimum atomic E-state index is 0.630. The molecular weight excluding hydrogens is 342 g/mol. The summed E-state index contributed by atoms with van der Waals surface area (Å²) in [7, 11) is 1.87. The van der Waals surface area contributed by atoms with Gasteiger partial charge in [-0.3, -0.25) is 20.1 Å². The molecule has 0 amide bonds. The topological polar surface area (TPSA) is 95.8 Å². The molecule has 3 aromatic heterocycles. The zero-order valence-electron chi connectivity index (χ0n) is 14.6. The first-order valence-electron chi connectivity index (χ1n) is 8.51. The predicted molar refractivity (Wildman–Crippen MR) is 103 cm³/mol. The van der Waals surface area contributed by atoms with Crippen LogP contribution in [-0.2, 0) is 13.6 Å². The van der Waals surface area contributed by atoms with Crippen LogP contribution in [0, 0.1) is 0 Å². The van der Waals surface area contributed by atoms with Crippen molar-refractivity contribution < 1.29 is 0 Å². The van der Waals surface area contributed by atoms with E-state index in [1.165, 1.54) is 0 Å². The summed E-state index contributed by atoms with van der Waals surface area (Å²) in [6, 6.07) is 12.1. The van der Waals surface area contributed by atoms with E-state index in [0.29, 0.717) is 18.2 Å². The molecule has 0 atom stereocenters. The zero-order chi connectivity index (χ0) is 18.2. The first-order valence-corrected chi connectivity index (χ1v) is 8.51. The Morgan fingerprint density at radius 1 is 1.11 bits per heavy atom. The fourth-order valence-corrected chi connectivity index (χ4v) is 3.02. The SMILES string of the molecule is Cn1ccc(Nc2cnc3c(n2)N(Cc2ccc4ncccc4c2)NN3)n1. The van der Waals surface area contributed by atoms with Gasteiger partial charge in [-0.1, -0.05) is 12.1 Å². The molecule has 0 saturated carbocycles. The first-order chi connectivity index (χ1) is 13.2. The van der Waals surface area contributed by atoms with Crippen LogP contribution in [0.4, 0.5) is 23.3 Å². The van der Waals surface area contributed by atoms with Crippen LogP contribution in [0.5, 0.6) is 0 Å². The van der Waals surface area contributed by atoms with Crippen molar-refractivity contribution in [3.63, 3.8) is 0 Å². The standard InChI is InChI=1S/C18H17N9/c1-26-8-6-15(24-26)21-16-10-20-17-18(22-16)27(25-23-17)11-12-4-5-14-13(9-12)3-2-7-19-14/h2-10,25H,11H2,1H3,(H,20,23)(H,21,22,24). The molecule has 0 fully saturated rings. The maximum absolute atomic E-state index is 4.66.